The topological polar surface area (TPSA) is 53.2 Å². The van der Waals surface area contributed by atoms with Crippen LogP contribution in [0.1, 0.15) is 29.8 Å². The third-order valence-corrected chi connectivity index (χ3v) is 2.50. The fourth-order valence-corrected chi connectivity index (χ4v) is 1.48. The number of thiocarbonyl (C=S) groups is 1. The fraction of sp³-hybridized carbons (Fsp3) is 0.333. The molecule has 0 radical (unpaired) electrons. The first-order chi connectivity index (χ1) is 8.17. The molecule has 17 heavy (non-hydrogen) atoms. The van der Waals surface area contributed by atoms with Gasteiger partial charge in [0.1, 0.15) is 0 Å². The monoisotopic (exact) mass is 251 g/mol. The number of nitrogens with one attached hydrogen (secondary N) is 3. The van der Waals surface area contributed by atoms with E-state index < -0.39 is 0 Å². The van der Waals surface area contributed by atoms with Crippen LogP contribution < -0.4 is 16.2 Å². The molecule has 5 heteroatoms. The predicted molar refractivity (Wildman–Crippen MR) is 72.7 cm³/mol. The van der Waals surface area contributed by atoms with Crippen LogP contribution in [0.25, 0.3) is 0 Å². The SMILES string of the molecule is CCNC(=S)NNC(=O)c1ccc(CC)cc1. The summed E-state index contributed by atoms with van der Waals surface area (Å²) in [6.07, 6.45) is 0.963. The van der Waals surface area contributed by atoms with Crippen LogP contribution >= 0.6 is 12.2 Å². The Balaban J connectivity index is 2.49. The van der Waals surface area contributed by atoms with Gasteiger partial charge in [0.2, 0.25) is 0 Å². The minimum atomic E-state index is -0.201. The Labute approximate surface area is 107 Å². The standard InChI is InChI=1S/C12H17N3OS/c1-3-9-5-7-10(8-6-9)11(16)14-15-12(17)13-4-2/h5-8H,3-4H2,1-2H3,(H,14,16)(H2,13,15,17). The van der Waals surface area contributed by atoms with Gasteiger partial charge in [0.15, 0.2) is 5.11 Å². The summed E-state index contributed by atoms with van der Waals surface area (Å²) in [6, 6.07) is 7.48. The van der Waals surface area contributed by atoms with E-state index in [1.165, 1.54) is 5.56 Å². The minimum Gasteiger partial charge on any atom is -0.362 e. The summed E-state index contributed by atoms with van der Waals surface area (Å²) in [6.45, 7) is 4.72. The molecule has 1 amide bonds. The Morgan fingerprint density at radius 3 is 2.35 bits per heavy atom. The molecule has 0 heterocycles. The lowest BCUT2D eigenvalue weighted by atomic mass is 10.1. The predicted octanol–water partition coefficient (Wildman–Crippen LogP) is 1.38. The van der Waals surface area contributed by atoms with Crippen molar-refractivity contribution in [1.82, 2.24) is 16.2 Å². The molecule has 0 atom stereocenters. The minimum absolute atomic E-state index is 0.201. The lowest BCUT2D eigenvalue weighted by Gasteiger charge is -2.10. The van der Waals surface area contributed by atoms with Gasteiger partial charge in [0.25, 0.3) is 5.91 Å². The maximum absolute atomic E-state index is 11.7. The summed E-state index contributed by atoms with van der Waals surface area (Å²) in [5.41, 5.74) is 6.97. The molecular formula is C12H17N3OS. The molecule has 3 N–H and O–H groups in total. The molecule has 0 aliphatic rings. The maximum atomic E-state index is 11.7. The van der Waals surface area contributed by atoms with Crippen LogP contribution in [-0.2, 0) is 6.42 Å². The number of aryl methyl sites for hydroxylation is 1. The Morgan fingerprint density at radius 2 is 1.82 bits per heavy atom. The largest absolute Gasteiger partial charge is 0.362 e. The average molecular weight is 251 g/mol. The van der Waals surface area contributed by atoms with Gasteiger partial charge in [-0.2, -0.15) is 0 Å². The van der Waals surface area contributed by atoms with Crippen molar-refractivity contribution in [1.29, 1.82) is 0 Å². The van der Waals surface area contributed by atoms with Gasteiger partial charge in [-0.15, -0.1) is 0 Å². The van der Waals surface area contributed by atoms with Crippen molar-refractivity contribution < 1.29 is 4.79 Å². The number of benzene rings is 1. The zero-order chi connectivity index (χ0) is 12.7. The second-order valence-corrected chi connectivity index (χ2v) is 3.90. The first-order valence-electron chi connectivity index (χ1n) is 5.60. The van der Waals surface area contributed by atoms with Gasteiger partial charge in [0, 0.05) is 12.1 Å². The molecule has 1 aromatic carbocycles. The molecule has 0 bridgehead atoms. The van der Waals surface area contributed by atoms with Crippen molar-refractivity contribution in [2.75, 3.05) is 6.54 Å². The van der Waals surface area contributed by atoms with E-state index in [4.69, 9.17) is 12.2 Å². The molecule has 0 aliphatic heterocycles. The van der Waals surface area contributed by atoms with Gasteiger partial charge in [0.05, 0.1) is 0 Å². The van der Waals surface area contributed by atoms with E-state index in [0.29, 0.717) is 17.2 Å². The summed E-state index contributed by atoms with van der Waals surface area (Å²) in [4.78, 5) is 11.7. The average Bonchev–Trinajstić information content (AvgIpc) is 2.36. The number of hydrazine groups is 1. The Morgan fingerprint density at radius 1 is 1.18 bits per heavy atom. The molecular weight excluding hydrogens is 234 g/mol. The first kappa shape index (κ1) is 13.4. The molecule has 0 fully saturated rings. The van der Waals surface area contributed by atoms with Crippen LogP contribution in [-0.4, -0.2) is 17.6 Å². The third kappa shape index (κ3) is 4.40. The maximum Gasteiger partial charge on any atom is 0.269 e. The van der Waals surface area contributed by atoms with Gasteiger partial charge < -0.3 is 5.32 Å². The highest BCUT2D eigenvalue weighted by atomic mass is 32.1. The molecule has 4 nitrogen and oxygen atoms in total. The highest BCUT2D eigenvalue weighted by molar-refractivity contribution is 7.80. The van der Waals surface area contributed by atoms with Crippen molar-refractivity contribution in [3.8, 4) is 0 Å². The van der Waals surface area contributed by atoms with Crippen LogP contribution in [0.2, 0.25) is 0 Å². The molecule has 0 saturated heterocycles. The van der Waals surface area contributed by atoms with Gasteiger partial charge >= 0.3 is 0 Å². The van der Waals surface area contributed by atoms with Crippen molar-refractivity contribution in [2.45, 2.75) is 20.3 Å². The van der Waals surface area contributed by atoms with E-state index in [1.54, 1.807) is 12.1 Å². The highest BCUT2D eigenvalue weighted by Crippen LogP contribution is 2.04. The lowest BCUT2D eigenvalue weighted by Crippen LogP contribution is -2.46. The van der Waals surface area contributed by atoms with E-state index in [1.807, 2.05) is 19.1 Å². The van der Waals surface area contributed by atoms with Gasteiger partial charge in [-0.25, -0.2) is 0 Å². The Hall–Kier alpha value is -1.62. The van der Waals surface area contributed by atoms with E-state index >= 15 is 0 Å². The summed E-state index contributed by atoms with van der Waals surface area (Å²) in [5.74, 6) is -0.201. The van der Waals surface area contributed by atoms with E-state index in [2.05, 4.69) is 23.1 Å². The highest BCUT2D eigenvalue weighted by Gasteiger charge is 2.04. The zero-order valence-corrected chi connectivity index (χ0v) is 10.9. The molecule has 1 aromatic rings. The summed E-state index contributed by atoms with van der Waals surface area (Å²) in [5, 5.41) is 3.28. The molecule has 0 unspecified atom stereocenters. The van der Waals surface area contributed by atoms with Crippen LogP contribution in [0.15, 0.2) is 24.3 Å². The molecule has 0 saturated carbocycles. The molecule has 0 aromatic heterocycles. The number of carbonyl (C=O) groups is 1. The molecule has 92 valence electrons. The van der Waals surface area contributed by atoms with E-state index in [-0.39, 0.29) is 5.91 Å². The number of rotatable bonds is 3. The Bertz CT molecular complexity index is 389. The second-order valence-electron chi connectivity index (χ2n) is 3.49. The number of amides is 1. The van der Waals surface area contributed by atoms with Crippen molar-refractivity contribution in [3.63, 3.8) is 0 Å². The summed E-state index contributed by atoms with van der Waals surface area (Å²) < 4.78 is 0. The Kier molecular flexibility index (Phi) is 5.42. The van der Waals surface area contributed by atoms with Crippen LogP contribution in [0.5, 0.6) is 0 Å². The van der Waals surface area contributed by atoms with Crippen molar-refractivity contribution >= 4 is 23.2 Å². The fourth-order valence-electron chi connectivity index (χ4n) is 1.28. The van der Waals surface area contributed by atoms with Crippen LogP contribution in [0, 0.1) is 0 Å². The van der Waals surface area contributed by atoms with Crippen LogP contribution in [0.4, 0.5) is 0 Å². The van der Waals surface area contributed by atoms with E-state index in [9.17, 15) is 4.79 Å². The number of carbonyl (C=O) groups excluding carboxylic acids is 1. The quantitative estimate of drug-likeness (QED) is 0.561. The van der Waals surface area contributed by atoms with Crippen molar-refractivity contribution in [3.05, 3.63) is 35.4 Å². The van der Waals surface area contributed by atoms with E-state index in [0.717, 1.165) is 6.42 Å². The second kappa shape index (κ2) is 6.85. The summed E-state index contributed by atoms with van der Waals surface area (Å²) in [7, 11) is 0. The van der Waals surface area contributed by atoms with Gasteiger partial charge in [-0.1, -0.05) is 19.1 Å². The third-order valence-electron chi connectivity index (χ3n) is 2.25. The normalized spacial score (nSPS) is 9.53. The van der Waals surface area contributed by atoms with Crippen molar-refractivity contribution in [2.24, 2.45) is 0 Å². The lowest BCUT2D eigenvalue weighted by molar-refractivity contribution is 0.0943. The zero-order valence-electron chi connectivity index (χ0n) is 10.0. The molecule has 0 aliphatic carbocycles. The summed E-state index contributed by atoms with van der Waals surface area (Å²) >= 11 is 4.92. The van der Waals surface area contributed by atoms with Gasteiger partial charge in [-0.05, 0) is 43.3 Å². The van der Waals surface area contributed by atoms with Crippen LogP contribution in [0.3, 0.4) is 0 Å². The number of hydrogen-bond donors (Lipinski definition) is 3. The molecule has 1 rings (SSSR count). The van der Waals surface area contributed by atoms with Gasteiger partial charge in [-0.3, -0.25) is 15.6 Å². The first-order valence-corrected chi connectivity index (χ1v) is 6.01. The number of hydrogen-bond acceptors (Lipinski definition) is 2. The smallest absolute Gasteiger partial charge is 0.269 e. The molecule has 0 spiro atoms.